The van der Waals surface area contributed by atoms with Gasteiger partial charge in [0.1, 0.15) is 11.1 Å². The Hall–Kier alpha value is -2.13. The molecule has 0 saturated carbocycles. The quantitative estimate of drug-likeness (QED) is 0.277. The van der Waals surface area contributed by atoms with Crippen LogP contribution in [0.3, 0.4) is 0 Å². The van der Waals surface area contributed by atoms with Crippen LogP contribution >= 0.6 is 39.1 Å². The fourth-order valence-electron chi connectivity index (χ4n) is 5.26. The molecule has 4 rings (SSSR count). The van der Waals surface area contributed by atoms with Crippen LogP contribution in [0.1, 0.15) is 46.1 Å². The Kier molecular flexibility index (Phi) is 8.48. The smallest absolute Gasteiger partial charge is 0.332 e. The van der Waals surface area contributed by atoms with E-state index in [-0.39, 0.29) is 24.5 Å². The number of hydrogen-bond acceptors (Lipinski definition) is 5. The van der Waals surface area contributed by atoms with Crippen LogP contribution in [0.4, 0.5) is 10.5 Å². The van der Waals surface area contributed by atoms with Gasteiger partial charge in [0.25, 0.3) is 5.91 Å². The highest BCUT2D eigenvalue weighted by Gasteiger charge is 2.57. The Bertz CT molecular complexity index is 1210. The van der Waals surface area contributed by atoms with Crippen molar-refractivity contribution in [1.29, 1.82) is 0 Å². The molecule has 2 heterocycles. The number of halogens is 3. The van der Waals surface area contributed by atoms with E-state index in [1.807, 2.05) is 56.9 Å². The summed E-state index contributed by atoms with van der Waals surface area (Å²) in [5.41, 5.74) is -0.365. The molecular weight excluding hydrogens is 593 g/mol. The molecule has 0 aliphatic carbocycles. The molecule has 0 aromatic heterocycles. The van der Waals surface area contributed by atoms with Gasteiger partial charge in [-0.2, -0.15) is 0 Å². The molecule has 1 unspecified atom stereocenters. The fourth-order valence-corrected chi connectivity index (χ4v) is 6.04. The molecule has 0 radical (unpaired) electrons. The van der Waals surface area contributed by atoms with Crippen LogP contribution < -0.4 is 4.90 Å². The van der Waals surface area contributed by atoms with Gasteiger partial charge in [0.2, 0.25) is 0 Å². The van der Waals surface area contributed by atoms with Crippen molar-refractivity contribution in [3.63, 3.8) is 0 Å². The first kappa shape index (κ1) is 28.9. The minimum Gasteiger partial charge on any atom is -0.459 e. The van der Waals surface area contributed by atoms with E-state index in [4.69, 9.17) is 27.9 Å². The SMILES string of the molecule is CC(C)(C)OC(=O)CN1CCC(N2C(=O)N(c3cc(Cl)cc(Cl)c3)C(=O)C2(C)Cc2ccc(Br)cc2)CC1. The molecule has 2 aromatic carbocycles. The number of ether oxygens (including phenoxy) is 1. The summed E-state index contributed by atoms with van der Waals surface area (Å²) in [5.74, 6) is -0.590. The lowest BCUT2D eigenvalue weighted by Gasteiger charge is -2.42. The number of imide groups is 1. The normalized spacial score (nSPS) is 21.3. The minimum absolute atomic E-state index is 0.179. The molecule has 7 nitrogen and oxygen atoms in total. The van der Waals surface area contributed by atoms with Crippen molar-refractivity contribution in [2.24, 2.45) is 0 Å². The predicted octanol–water partition coefficient (Wildman–Crippen LogP) is 6.33. The van der Waals surface area contributed by atoms with Crippen molar-refractivity contribution in [2.45, 2.75) is 64.1 Å². The van der Waals surface area contributed by atoms with E-state index in [0.717, 1.165) is 10.0 Å². The fraction of sp³-hybridized carbons (Fsp3) is 0.464. The van der Waals surface area contributed by atoms with Crippen LogP contribution in [0.2, 0.25) is 10.0 Å². The summed E-state index contributed by atoms with van der Waals surface area (Å²) in [4.78, 5) is 45.3. The first-order valence-electron chi connectivity index (χ1n) is 12.6. The highest BCUT2D eigenvalue weighted by molar-refractivity contribution is 9.10. The van der Waals surface area contributed by atoms with E-state index in [9.17, 15) is 14.4 Å². The van der Waals surface area contributed by atoms with Crippen LogP contribution in [0, 0.1) is 0 Å². The monoisotopic (exact) mass is 623 g/mol. The van der Waals surface area contributed by atoms with Gasteiger partial charge in [-0.05, 0) is 76.4 Å². The third kappa shape index (κ3) is 6.36. The maximum atomic E-state index is 14.0. The minimum atomic E-state index is -1.11. The highest BCUT2D eigenvalue weighted by atomic mass is 79.9. The molecule has 0 N–H and O–H groups in total. The van der Waals surface area contributed by atoms with E-state index < -0.39 is 17.2 Å². The zero-order valence-electron chi connectivity index (χ0n) is 22.0. The summed E-state index contributed by atoms with van der Waals surface area (Å²) in [6.07, 6.45) is 1.61. The lowest BCUT2D eigenvalue weighted by Crippen LogP contribution is -2.56. The van der Waals surface area contributed by atoms with E-state index in [2.05, 4.69) is 15.9 Å². The number of carbonyl (C=O) groups is 3. The van der Waals surface area contributed by atoms with Crippen LogP contribution in [0.5, 0.6) is 0 Å². The number of piperidine rings is 1. The number of amides is 3. The number of anilines is 1. The summed E-state index contributed by atoms with van der Waals surface area (Å²) in [6.45, 7) is 8.78. The number of nitrogens with zero attached hydrogens (tertiary/aromatic N) is 3. The lowest BCUT2D eigenvalue weighted by molar-refractivity contribution is -0.156. The van der Waals surface area contributed by atoms with E-state index >= 15 is 0 Å². The second-order valence-electron chi connectivity index (χ2n) is 11.1. The maximum absolute atomic E-state index is 14.0. The zero-order valence-corrected chi connectivity index (χ0v) is 25.1. The topological polar surface area (TPSA) is 70.2 Å². The number of benzene rings is 2. The van der Waals surface area contributed by atoms with Crippen molar-refractivity contribution in [3.8, 4) is 0 Å². The van der Waals surface area contributed by atoms with Crippen LogP contribution in [0.15, 0.2) is 46.9 Å². The number of rotatable bonds is 6. The third-order valence-corrected chi connectivity index (χ3v) is 7.82. The molecule has 2 saturated heterocycles. The molecule has 1 atom stereocenters. The van der Waals surface area contributed by atoms with Gasteiger partial charge in [-0.25, -0.2) is 9.69 Å². The average molecular weight is 625 g/mol. The van der Waals surface area contributed by atoms with Crippen molar-refractivity contribution in [1.82, 2.24) is 9.80 Å². The number of carbonyl (C=O) groups excluding carboxylic acids is 3. The van der Waals surface area contributed by atoms with Crippen molar-refractivity contribution in [2.75, 3.05) is 24.5 Å². The van der Waals surface area contributed by atoms with Gasteiger partial charge >= 0.3 is 12.0 Å². The van der Waals surface area contributed by atoms with E-state index in [1.54, 1.807) is 23.1 Å². The Morgan fingerprint density at radius 3 is 2.18 bits per heavy atom. The second-order valence-corrected chi connectivity index (χ2v) is 12.9. The summed E-state index contributed by atoms with van der Waals surface area (Å²) in [7, 11) is 0. The highest BCUT2D eigenvalue weighted by Crippen LogP contribution is 2.40. The molecule has 2 aromatic rings. The van der Waals surface area contributed by atoms with Gasteiger partial charge in [0, 0.05) is 40.1 Å². The third-order valence-electron chi connectivity index (χ3n) is 6.85. The summed E-state index contributed by atoms with van der Waals surface area (Å²) >= 11 is 15.9. The van der Waals surface area contributed by atoms with Crippen molar-refractivity contribution < 1.29 is 19.1 Å². The summed E-state index contributed by atoms with van der Waals surface area (Å²) in [5, 5.41) is 0.688. The largest absolute Gasteiger partial charge is 0.459 e. The van der Waals surface area contributed by atoms with Gasteiger partial charge < -0.3 is 9.64 Å². The molecule has 204 valence electrons. The van der Waals surface area contributed by atoms with E-state index in [1.165, 1.54) is 4.90 Å². The van der Waals surface area contributed by atoms with Gasteiger partial charge in [0.05, 0.1) is 12.2 Å². The predicted molar refractivity (Wildman–Crippen MR) is 153 cm³/mol. The van der Waals surface area contributed by atoms with Gasteiger partial charge in [0.15, 0.2) is 0 Å². The molecule has 2 aliphatic heterocycles. The van der Waals surface area contributed by atoms with Gasteiger partial charge in [-0.15, -0.1) is 0 Å². The maximum Gasteiger partial charge on any atom is 0.332 e. The summed E-state index contributed by atoms with van der Waals surface area (Å²) < 4.78 is 6.40. The van der Waals surface area contributed by atoms with Crippen LogP contribution in [-0.4, -0.2) is 64.5 Å². The van der Waals surface area contributed by atoms with Gasteiger partial charge in [-0.3, -0.25) is 14.5 Å². The number of urea groups is 1. The van der Waals surface area contributed by atoms with Crippen LogP contribution in [-0.2, 0) is 20.7 Å². The lowest BCUT2D eigenvalue weighted by atomic mass is 9.88. The summed E-state index contributed by atoms with van der Waals surface area (Å²) in [6, 6.07) is 11.9. The second kappa shape index (κ2) is 11.2. The van der Waals surface area contributed by atoms with Gasteiger partial charge in [-0.1, -0.05) is 51.3 Å². The van der Waals surface area contributed by atoms with Crippen LogP contribution in [0.25, 0.3) is 0 Å². The number of esters is 1. The molecule has 0 bridgehead atoms. The molecular formula is C28H32BrCl2N3O4. The molecule has 10 heteroatoms. The average Bonchev–Trinajstić information content (AvgIpc) is 2.99. The standard InChI is InChI=1S/C28H32BrCl2N3O4/c1-27(2,3)38-24(35)17-32-11-9-22(10-12-32)34-26(37)33(23-14-20(30)13-21(31)15-23)25(36)28(34,4)16-18-5-7-19(29)8-6-18/h5-8,13-15,22H,9-12,16-17H2,1-4H3. The Morgan fingerprint density at radius 2 is 1.63 bits per heavy atom. The Labute approximate surface area is 242 Å². The molecule has 2 aliphatic rings. The Balaban J connectivity index is 1.60. The van der Waals surface area contributed by atoms with E-state index in [0.29, 0.717) is 48.1 Å². The zero-order chi connectivity index (χ0) is 27.8. The molecule has 0 spiro atoms. The molecule has 38 heavy (non-hydrogen) atoms. The first-order chi connectivity index (χ1) is 17.8. The molecule has 3 amide bonds. The number of likely N-dealkylation sites (tertiary alicyclic amines) is 1. The number of hydrogen-bond donors (Lipinski definition) is 0. The van der Waals surface area contributed by atoms with Crippen molar-refractivity contribution in [3.05, 3.63) is 62.5 Å². The first-order valence-corrected chi connectivity index (χ1v) is 14.1. The molecule has 2 fully saturated rings. The van der Waals surface area contributed by atoms with Crippen molar-refractivity contribution >= 4 is 62.7 Å². The Morgan fingerprint density at radius 1 is 1.05 bits per heavy atom.